The lowest BCUT2D eigenvalue weighted by molar-refractivity contribution is -0.119. The zero-order valence-corrected chi connectivity index (χ0v) is 22.8. The Morgan fingerprint density at radius 1 is 1.14 bits per heavy atom. The number of hydrogen-bond donors (Lipinski definition) is 2. The van der Waals surface area contributed by atoms with Crippen molar-refractivity contribution in [3.8, 4) is 5.75 Å². The van der Waals surface area contributed by atoms with Crippen LogP contribution in [0.5, 0.6) is 5.75 Å². The van der Waals surface area contributed by atoms with Gasteiger partial charge in [0, 0.05) is 29.7 Å². The zero-order chi connectivity index (χ0) is 26.5. The van der Waals surface area contributed by atoms with Gasteiger partial charge in [-0.15, -0.1) is 0 Å². The number of anilines is 1. The standard InChI is InChI=1S/C28H30ClN5O2S/c1-33(2)24(18-10-13-21(36-4)14-11-18)17-30-28(37)32-26-27(35)34(3)23-15-12-20(29)16-22(23)25(31-26)19-8-6-5-7-9-19/h5-16,24,26H,17H2,1-4H3,(H2,30,32,37). The number of amides is 1. The maximum absolute atomic E-state index is 13.4. The molecule has 3 aromatic carbocycles. The van der Waals surface area contributed by atoms with Crippen LogP contribution in [0.1, 0.15) is 22.7 Å². The number of rotatable bonds is 7. The number of carbonyl (C=O) groups excluding carboxylic acids is 1. The molecule has 0 bridgehead atoms. The number of benzene rings is 3. The third-order valence-electron chi connectivity index (χ3n) is 6.29. The van der Waals surface area contributed by atoms with E-state index in [9.17, 15) is 4.79 Å². The number of fused-ring (bicyclic) bond motifs is 1. The maximum Gasteiger partial charge on any atom is 0.272 e. The average Bonchev–Trinajstić information content (AvgIpc) is 2.99. The Kier molecular flexibility index (Phi) is 8.43. The van der Waals surface area contributed by atoms with Gasteiger partial charge in [-0.2, -0.15) is 0 Å². The van der Waals surface area contributed by atoms with Gasteiger partial charge in [0.25, 0.3) is 5.91 Å². The van der Waals surface area contributed by atoms with Crippen LogP contribution in [0.3, 0.4) is 0 Å². The fourth-order valence-electron chi connectivity index (χ4n) is 4.26. The number of benzodiazepines with no additional fused rings is 1. The highest BCUT2D eigenvalue weighted by atomic mass is 35.5. The molecule has 3 aromatic rings. The number of ether oxygens (including phenoxy) is 1. The first-order valence-electron chi connectivity index (χ1n) is 11.8. The van der Waals surface area contributed by atoms with E-state index in [-0.39, 0.29) is 11.9 Å². The number of hydrogen-bond acceptors (Lipinski definition) is 5. The molecular weight excluding hydrogens is 506 g/mol. The number of aliphatic imine (C=N–C) groups is 1. The highest BCUT2D eigenvalue weighted by Crippen LogP contribution is 2.30. The molecule has 4 rings (SSSR count). The number of likely N-dealkylation sites (N-methyl/N-ethyl adjacent to an activating group) is 2. The summed E-state index contributed by atoms with van der Waals surface area (Å²) < 4.78 is 5.28. The van der Waals surface area contributed by atoms with Crippen LogP contribution in [0.4, 0.5) is 5.69 Å². The molecule has 1 amide bonds. The lowest BCUT2D eigenvalue weighted by Crippen LogP contribution is -2.50. The van der Waals surface area contributed by atoms with Gasteiger partial charge < -0.3 is 25.2 Å². The molecule has 0 spiro atoms. The van der Waals surface area contributed by atoms with Crippen LogP contribution in [-0.2, 0) is 4.79 Å². The lowest BCUT2D eigenvalue weighted by Gasteiger charge is -2.27. The van der Waals surface area contributed by atoms with E-state index in [0.717, 1.165) is 28.1 Å². The van der Waals surface area contributed by atoms with E-state index in [1.54, 1.807) is 25.1 Å². The molecule has 0 saturated carbocycles. The summed E-state index contributed by atoms with van der Waals surface area (Å²) in [5.41, 5.74) is 4.17. The Morgan fingerprint density at radius 2 is 1.84 bits per heavy atom. The molecule has 0 fully saturated rings. The fraction of sp³-hybridized carbons (Fsp3) is 0.250. The minimum Gasteiger partial charge on any atom is -0.497 e. The summed E-state index contributed by atoms with van der Waals surface area (Å²) >= 11 is 11.9. The summed E-state index contributed by atoms with van der Waals surface area (Å²) in [6, 6.07) is 23.2. The van der Waals surface area contributed by atoms with Crippen molar-refractivity contribution in [3.63, 3.8) is 0 Å². The molecule has 2 atom stereocenters. The Hall–Kier alpha value is -3.46. The third-order valence-corrected chi connectivity index (χ3v) is 6.79. The van der Waals surface area contributed by atoms with Crippen molar-refractivity contribution in [2.24, 2.45) is 4.99 Å². The molecule has 0 radical (unpaired) electrons. The van der Waals surface area contributed by atoms with Crippen LogP contribution in [0.25, 0.3) is 0 Å². The van der Waals surface area contributed by atoms with Crippen LogP contribution >= 0.6 is 23.8 Å². The van der Waals surface area contributed by atoms with Gasteiger partial charge in [-0.25, -0.2) is 4.99 Å². The van der Waals surface area contributed by atoms with E-state index in [1.165, 1.54) is 0 Å². The molecule has 0 saturated heterocycles. The van der Waals surface area contributed by atoms with Crippen LogP contribution in [0, 0.1) is 0 Å². The Labute approximate surface area is 228 Å². The maximum atomic E-state index is 13.4. The Bertz CT molecular complexity index is 1300. The summed E-state index contributed by atoms with van der Waals surface area (Å²) in [5, 5.41) is 7.30. The lowest BCUT2D eigenvalue weighted by atomic mass is 10.0. The van der Waals surface area contributed by atoms with Gasteiger partial charge in [-0.1, -0.05) is 54.1 Å². The van der Waals surface area contributed by atoms with Crippen molar-refractivity contribution in [2.75, 3.05) is 39.7 Å². The summed E-state index contributed by atoms with van der Waals surface area (Å²) in [6.45, 7) is 0.535. The van der Waals surface area contributed by atoms with Crippen molar-refractivity contribution in [1.29, 1.82) is 0 Å². The van der Waals surface area contributed by atoms with Gasteiger partial charge in [0.05, 0.1) is 24.6 Å². The van der Waals surface area contributed by atoms with Crippen LogP contribution in [0.2, 0.25) is 5.02 Å². The second-order valence-corrected chi connectivity index (χ2v) is 9.76. The second kappa shape index (κ2) is 11.7. The molecule has 9 heteroatoms. The Balaban J connectivity index is 1.57. The summed E-state index contributed by atoms with van der Waals surface area (Å²) in [6.07, 6.45) is -0.912. The molecule has 1 heterocycles. The second-order valence-electron chi connectivity index (χ2n) is 8.91. The third kappa shape index (κ3) is 6.10. The predicted octanol–water partition coefficient (Wildman–Crippen LogP) is 4.26. The molecule has 0 aliphatic carbocycles. The van der Waals surface area contributed by atoms with Crippen molar-refractivity contribution in [2.45, 2.75) is 12.2 Å². The van der Waals surface area contributed by atoms with Gasteiger partial charge in [0.1, 0.15) is 5.75 Å². The molecule has 2 N–H and O–H groups in total. The van der Waals surface area contributed by atoms with Crippen molar-refractivity contribution in [3.05, 3.63) is 94.5 Å². The largest absolute Gasteiger partial charge is 0.497 e. The monoisotopic (exact) mass is 535 g/mol. The van der Waals surface area contributed by atoms with Gasteiger partial charge in [0.2, 0.25) is 6.17 Å². The SMILES string of the molecule is COc1ccc(C(CNC(=S)NC2N=C(c3ccccc3)c3cc(Cl)ccc3N(C)C2=O)N(C)C)cc1. The normalized spacial score (nSPS) is 15.9. The van der Waals surface area contributed by atoms with E-state index in [1.807, 2.05) is 80.8 Å². The minimum absolute atomic E-state index is 0.0490. The molecule has 7 nitrogen and oxygen atoms in total. The highest BCUT2D eigenvalue weighted by Gasteiger charge is 2.30. The minimum atomic E-state index is -0.912. The van der Waals surface area contributed by atoms with Crippen molar-refractivity contribution < 1.29 is 9.53 Å². The van der Waals surface area contributed by atoms with Gasteiger partial charge in [0.15, 0.2) is 5.11 Å². The zero-order valence-electron chi connectivity index (χ0n) is 21.2. The molecule has 1 aliphatic rings. The first-order valence-corrected chi connectivity index (χ1v) is 12.6. The summed E-state index contributed by atoms with van der Waals surface area (Å²) in [4.78, 5) is 22.0. The summed E-state index contributed by atoms with van der Waals surface area (Å²) in [7, 11) is 7.40. The number of carbonyl (C=O) groups is 1. The van der Waals surface area contributed by atoms with Gasteiger partial charge >= 0.3 is 0 Å². The fourth-order valence-corrected chi connectivity index (χ4v) is 4.62. The number of nitrogens with zero attached hydrogens (tertiary/aromatic N) is 3. The molecule has 192 valence electrons. The number of nitrogens with one attached hydrogen (secondary N) is 2. The van der Waals surface area contributed by atoms with Crippen LogP contribution in [-0.4, -0.2) is 62.6 Å². The number of halogens is 1. The van der Waals surface area contributed by atoms with E-state index in [4.69, 9.17) is 33.5 Å². The molecule has 2 unspecified atom stereocenters. The van der Waals surface area contributed by atoms with E-state index < -0.39 is 6.17 Å². The number of methoxy groups -OCH3 is 1. The average molecular weight is 536 g/mol. The van der Waals surface area contributed by atoms with Crippen molar-refractivity contribution in [1.82, 2.24) is 15.5 Å². The van der Waals surface area contributed by atoms with Crippen LogP contribution in [0.15, 0.2) is 77.8 Å². The van der Waals surface area contributed by atoms with Gasteiger partial charge in [-0.3, -0.25) is 4.79 Å². The number of thiocarbonyl (C=S) groups is 1. The molecule has 1 aliphatic heterocycles. The molecule has 37 heavy (non-hydrogen) atoms. The van der Waals surface area contributed by atoms with Crippen LogP contribution < -0.4 is 20.3 Å². The topological polar surface area (TPSA) is 69.2 Å². The van der Waals surface area contributed by atoms with Gasteiger partial charge in [-0.05, 0) is 62.2 Å². The predicted molar refractivity (Wildman–Crippen MR) is 154 cm³/mol. The van der Waals surface area contributed by atoms with Crippen molar-refractivity contribution >= 4 is 46.2 Å². The first kappa shape index (κ1) is 26.6. The Morgan fingerprint density at radius 3 is 2.49 bits per heavy atom. The molecule has 0 aromatic heterocycles. The van der Waals surface area contributed by atoms with E-state index >= 15 is 0 Å². The summed E-state index contributed by atoms with van der Waals surface area (Å²) in [5.74, 6) is 0.578. The van der Waals surface area contributed by atoms with E-state index in [0.29, 0.717) is 22.4 Å². The van der Waals surface area contributed by atoms with E-state index in [2.05, 4.69) is 15.5 Å². The first-order chi connectivity index (χ1) is 17.8. The highest BCUT2D eigenvalue weighted by molar-refractivity contribution is 7.80. The smallest absolute Gasteiger partial charge is 0.272 e. The quantitative estimate of drug-likeness (QED) is 0.441. The molecular formula is C28H30ClN5O2S.